The molecule has 0 bridgehead atoms. The molecule has 0 radical (unpaired) electrons. The van der Waals surface area contributed by atoms with Crippen molar-refractivity contribution >= 4 is 12.3 Å². The summed E-state index contributed by atoms with van der Waals surface area (Å²) in [5, 5.41) is 2.58. The lowest BCUT2D eigenvalue weighted by atomic mass is 10.1. The smallest absolute Gasteiger partial charge is 0.407 e. The Morgan fingerprint density at radius 1 is 1.57 bits per heavy atom. The van der Waals surface area contributed by atoms with Gasteiger partial charge in [-0.05, 0) is 19.3 Å². The van der Waals surface area contributed by atoms with E-state index < -0.39 is 0 Å². The number of aliphatic imine (C=N–C) groups is 1. The third-order valence-electron chi connectivity index (χ3n) is 1.58. The molecule has 1 amide bonds. The Bertz CT molecular complexity index is 179. The summed E-state index contributed by atoms with van der Waals surface area (Å²) in [6.07, 6.45) is 2.20. The Morgan fingerprint density at radius 3 is 2.86 bits per heavy atom. The predicted molar refractivity (Wildman–Crippen MR) is 57.8 cm³/mol. The minimum Gasteiger partial charge on any atom is -0.450 e. The third kappa shape index (κ3) is 9.03. The number of alkyl carbamates (subject to hydrolysis) is 1. The monoisotopic (exact) mass is 200 g/mol. The fraction of sp³-hybridized carbons (Fsp3) is 0.800. The van der Waals surface area contributed by atoms with Gasteiger partial charge in [0.2, 0.25) is 0 Å². The summed E-state index contributed by atoms with van der Waals surface area (Å²) in [5.74, 6) is 0.560. The van der Waals surface area contributed by atoms with Crippen LogP contribution >= 0.6 is 0 Å². The van der Waals surface area contributed by atoms with Crippen molar-refractivity contribution in [3.8, 4) is 0 Å². The number of amides is 1. The van der Waals surface area contributed by atoms with Crippen LogP contribution in [0.4, 0.5) is 4.79 Å². The van der Waals surface area contributed by atoms with E-state index in [9.17, 15) is 4.79 Å². The van der Waals surface area contributed by atoms with Crippen LogP contribution in [0.15, 0.2) is 4.99 Å². The van der Waals surface area contributed by atoms with E-state index in [1.54, 1.807) is 6.21 Å². The average molecular weight is 200 g/mol. The topological polar surface area (TPSA) is 50.7 Å². The number of carbonyl (C=O) groups excluding carboxylic acids is 1. The third-order valence-corrected chi connectivity index (χ3v) is 1.58. The van der Waals surface area contributed by atoms with Crippen LogP contribution in [0.3, 0.4) is 0 Å². The molecule has 82 valence electrons. The molecule has 0 fully saturated rings. The lowest BCUT2D eigenvalue weighted by Crippen LogP contribution is -2.26. The number of nitrogens with zero attached hydrogens (tertiary/aromatic N) is 1. The van der Waals surface area contributed by atoms with Gasteiger partial charge in [0, 0.05) is 12.8 Å². The van der Waals surface area contributed by atoms with Crippen LogP contribution in [0.25, 0.3) is 0 Å². The van der Waals surface area contributed by atoms with Crippen molar-refractivity contribution in [3.05, 3.63) is 0 Å². The van der Waals surface area contributed by atoms with E-state index >= 15 is 0 Å². The second-order valence-electron chi connectivity index (χ2n) is 3.38. The maximum Gasteiger partial charge on any atom is 0.407 e. The maximum atomic E-state index is 11.0. The molecule has 0 aromatic carbocycles. The quantitative estimate of drug-likeness (QED) is 0.665. The fourth-order valence-electron chi connectivity index (χ4n) is 0.761. The van der Waals surface area contributed by atoms with Crippen LogP contribution in [-0.2, 0) is 4.74 Å². The van der Waals surface area contributed by atoms with Crippen molar-refractivity contribution in [2.75, 3.05) is 19.7 Å². The van der Waals surface area contributed by atoms with Gasteiger partial charge in [-0.15, -0.1) is 0 Å². The molecule has 4 heteroatoms. The fourth-order valence-corrected chi connectivity index (χ4v) is 0.761. The molecule has 1 N–H and O–H groups in total. The molecule has 0 rings (SSSR count). The molecule has 0 aromatic heterocycles. The van der Waals surface area contributed by atoms with Gasteiger partial charge in [0.05, 0.1) is 13.2 Å². The van der Waals surface area contributed by atoms with Gasteiger partial charge < -0.3 is 10.1 Å². The molecule has 0 aromatic rings. The molecule has 4 nitrogen and oxygen atoms in total. The van der Waals surface area contributed by atoms with Crippen molar-refractivity contribution in [1.29, 1.82) is 0 Å². The summed E-state index contributed by atoms with van der Waals surface area (Å²) >= 11 is 0. The van der Waals surface area contributed by atoms with Crippen LogP contribution in [0.5, 0.6) is 0 Å². The molecule has 0 saturated heterocycles. The Balaban J connectivity index is 3.32. The Labute approximate surface area is 85.7 Å². The Morgan fingerprint density at radius 2 is 2.29 bits per heavy atom. The molecular weight excluding hydrogens is 180 g/mol. The molecular formula is C10H20N2O2. The second-order valence-corrected chi connectivity index (χ2v) is 3.38. The summed E-state index contributed by atoms with van der Waals surface area (Å²) in [5.41, 5.74) is 0. The van der Waals surface area contributed by atoms with Gasteiger partial charge in [0.15, 0.2) is 0 Å². The van der Waals surface area contributed by atoms with E-state index in [-0.39, 0.29) is 6.09 Å². The number of nitrogens with one attached hydrogen (secondary N) is 1. The molecule has 0 aliphatic heterocycles. The zero-order chi connectivity index (χ0) is 10.8. The van der Waals surface area contributed by atoms with Gasteiger partial charge in [-0.1, -0.05) is 13.8 Å². The van der Waals surface area contributed by atoms with Crippen molar-refractivity contribution in [1.82, 2.24) is 5.32 Å². The highest BCUT2D eigenvalue weighted by atomic mass is 16.5. The van der Waals surface area contributed by atoms with Crippen LogP contribution in [0, 0.1) is 5.92 Å². The molecule has 0 heterocycles. The summed E-state index contributed by atoms with van der Waals surface area (Å²) in [6.45, 7) is 7.79. The number of hydrogen-bond acceptors (Lipinski definition) is 3. The zero-order valence-electron chi connectivity index (χ0n) is 9.25. The van der Waals surface area contributed by atoms with Crippen LogP contribution in [0.2, 0.25) is 0 Å². The molecule has 14 heavy (non-hydrogen) atoms. The maximum absolute atomic E-state index is 11.0. The SMILES string of the molecule is CC/N=C/CNC(=O)OCCC(C)C. The summed E-state index contributed by atoms with van der Waals surface area (Å²) in [7, 11) is 0. The van der Waals surface area contributed by atoms with Crippen LogP contribution in [0.1, 0.15) is 27.2 Å². The Hall–Kier alpha value is -1.06. The van der Waals surface area contributed by atoms with Crippen molar-refractivity contribution in [3.63, 3.8) is 0 Å². The summed E-state index contributed by atoms with van der Waals surface area (Å²) in [6, 6.07) is 0. The normalized spacial score (nSPS) is 10.9. The first-order chi connectivity index (χ1) is 6.66. The van der Waals surface area contributed by atoms with Gasteiger partial charge >= 0.3 is 6.09 Å². The van der Waals surface area contributed by atoms with Crippen molar-refractivity contribution in [2.24, 2.45) is 10.9 Å². The standard InChI is InChI=1S/C10H20N2O2/c1-4-11-6-7-12-10(13)14-8-5-9(2)3/h6,9H,4-5,7-8H2,1-3H3,(H,12,13)/b11-6+. The second kappa shape index (κ2) is 8.53. The van der Waals surface area contributed by atoms with E-state index in [4.69, 9.17) is 4.74 Å². The van der Waals surface area contributed by atoms with E-state index in [0.717, 1.165) is 13.0 Å². The minimum absolute atomic E-state index is 0.367. The van der Waals surface area contributed by atoms with Crippen molar-refractivity contribution in [2.45, 2.75) is 27.2 Å². The summed E-state index contributed by atoms with van der Waals surface area (Å²) < 4.78 is 4.92. The zero-order valence-corrected chi connectivity index (χ0v) is 9.25. The first-order valence-electron chi connectivity index (χ1n) is 5.05. The lowest BCUT2D eigenvalue weighted by molar-refractivity contribution is 0.142. The number of carbonyl (C=O) groups is 1. The van der Waals surface area contributed by atoms with Gasteiger partial charge in [0.25, 0.3) is 0 Å². The highest BCUT2D eigenvalue weighted by Gasteiger charge is 2.00. The molecule has 0 unspecified atom stereocenters. The predicted octanol–water partition coefficient (Wildman–Crippen LogP) is 1.85. The first-order valence-corrected chi connectivity index (χ1v) is 5.05. The molecule has 0 spiro atoms. The van der Waals surface area contributed by atoms with Gasteiger partial charge in [-0.3, -0.25) is 4.99 Å². The lowest BCUT2D eigenvalue weighted by Gasteiger charge is -2.06. The van der Waals surface area contributed by atoms with Crippen molar-refractivity contribution < 1.29 is 9.53 Å². The average Bonchev–Trinajstić information content (AvgIpc) is 2.12. The molecule has 0 aliphatic carbocycles. The molecule has 0 saturated carbocycles. The van der Waals surface area contributed by atoms with Crippen LogP contribution < -0.4 is 5.32 Å². The first kappa shape index (κ1) is 12.9. The van der Waals surface area contributed by atoms with E-state index in [0.29, 0.717) is 19.1 Å². The van der Waals surface area contributed by atoms with Gasteiger partial charge in [-0.25, -0.2) is 4.79 Å². The number of ether oxygens (including phenoxy) is 1. The Kier molecular flexibility index (Phi) is 7.89. The van der Waals surface area contributed by atoms with Gasteiger partial charge in [0.1, 0.15) is 0 Å². The van der Waals surface area contributed by atoms with E-state index in [1.807, 2.05) is 6.92 Å². The van der Waals surface area contributed by atoms with Crippen LogP contribution in [-0.4, -0.2) is 32.0 Å². The molecule has 0 aliphatic rings. The highest BCUT2D eigenvalue weighted by molar-refractivity contribution is 5.72. The number of rotatable bonds is 6. The summed E-state index contributed by atoms with van der Waals surface area (Å²) in [4.78, 5) is 14.9. The van der Waals surface area contributed by atoms with E-state index in [2.05, 4.69) is 24.2 Å². The largest absolute Gasteiger partial charge is 0.450 e. The molecule has 0 atom stereocenters. The minimum atomic E-state index is -0.367. The van der Waals surface area contributed by atoms with E-state index in [1.165, 1.54) is 0 Å². The highest BCUT2D eigenvalue weighted by Crippen LogP contribution is 1.98. The van der Waals surface area contributed by atoms with Gasteiger partial charge in [-0.2, -0.15) is 0 Å². The number of hydrogen-bond donors (Lipinski definition) is 1.